The van der Waals surface area contributed by atoms with Gasteiger partial charge in [-0.1, -0.05) is 27.7 Å². The van der Waals surface area contributed by atoms with Crippen LogP contribution in [-0.2, 0) is 19.0 Å². The third-order valence-corrected chi connectivity index (χ3v) is 2.54. The van der Waals surface area contributed by atoms with Crippen LogP contribution < -0.4 is 5.32 Å². The van der Waals surface area contributed by atoms with E-state index in [2.05, 4.69) is 5.32 Å². The predicted octanol–water partition coefficient (Wildman–Crippen LogP) is 1.26. The molecule has 0 aliphatic heterocycles. The maximum absolute atomic E-state index is 12.0. The second kappa shape index (κ2) is 11.3. The largest absolute Gasteiger partial charge is 0.382 e. The highest BCUT2D eigenvalue weighted by atomic mass is 16.5. The Balaban J connectivity index is 3.83. The van der Waals surface area contributed by atoms with Crippen molar-refractivity contribution in [2.75, 3.05) is 40.1 Å². The topological polar surface area (TPSA) is 56.8 Å². The zero-order valence-corrected chi connectivity index (χ0v) is 12.9. The Labute approximate surface area is 117 Å². The molecule has 0 saturated carbocycles. The maximum atomic E-state index is 12.0. The van der Waals surface area contributed by atoms with Gasteiger partial charge in [0.05, 0.1) is 39.1 Å². The quantitative estimate of drug-likeness (QED) is 0.543. The molecule has 1 atom stereocenters. The molecule has 19 heavy (non-hydrogen) atoms. The molecule has 114 valence electrons. The van der Waals surface area contributed by atoms with Gasteiger partial charge in [-0.25, -0.2) is 0 Å². The summed E-state index contributed by atoms with van der Waals surface area (Å²) >= 11 is 0. The van der Waals surface area contributed by atoms with Crippen molar-refractivity contribution in [2.45, 2.75) is 39.8 Å². The summed E-state index contributed by atoms with van der Waals surface area (Å²) in [6.07, 6.45) is 0. The zero-order valence-electron chi connectivity index (χ0n) is 12.9. The molecule has 0 bridgehead atoms. The molecule has 0 aliphatic carbocycles. The van der Waals surface area contributed by atoms with Crippen molar-refractivity contribution in [3.63, 3.8) is 0 Å². The van der Waals surface area contributed by atoms with Gasteiger partial charge < -0.3 is 19.5 Å². The lowest BCUT2D eigenvalue weighted by Gasteiger charge is -2.21. The van der Waals surface area contributed by atoms with Gasteiger partial charge in [-0.15, -0.1) is 0 Å². The first-order chi connectivity index (χ1) is 8.99. The fourth-order valence-electron chi connectivity index (χ4n) is 1.58. The Bertz CT molecular complexity index is 231. The van der Waals surface area contributed by atoms with E-state index in [1.54, 1.807) is 7.11 Å². The van der Waals surface area contributed by atoms with Crippen LogP contribution in [0.25, 0.3) is 0 Å². The average Bonchev–Trinajstić information content (AvgIpc) is 2.34. The van der Waals surface area contributed by atoms with Gasteiger partial charge >= 0.3 is 0 Å². The number of nitrogens with one attached hydrogen (secondary N) is 1. The molecule has 0 aromatic carbocycles. The van der Waals surface area contributed by atoms with Crippen LogP contribution >= 0.6 is 0 Å². The lowest BCUT2D eigenvalue weighted by Crippen LogP contribution is -2.46. The maximum Gasteiger partial charge on any atom is 0.154 e. The molecule has 0 saturated heterocycles. The van der Waals surface area contributed by atoms with Crippen LogP contribution in [0.4, 0.5) is 0 Å². The van der Waals surface area contributed by atoms with Gasteiger partial charge in [0, 0.05) is 19.1 Å². The number of methoxy groups -OCH3 is 1. The standard InChI is InChI=1S/C14H29NO4/c1-11(2)14(16)13(15-12(3)4)10-19-9-8-18-7-6-17-5/h11-13,15H,6-10H2,1-5H3/t13-/m0/s1. The molecule has 0 aliphatic rings. The Morgan fingerprint density at radius 1 is 1.00 bits per heavy atom. The number of carbonyl (C=O) groups excluding carboxylic acids is 1. The van der Waals surface area contributed by atoms with Crippen molar-refractivity contribution >= 4 is 5.78 Å². The van der Waals surface area contributed by atoms with E-state index in [1.165, 1.54) is 0 Å². The van der Waals surface area contributed by atoms with E-state index in [0.717, 1.165) is 0 Å². The SMILES string of the molecule is COCCOCCOC[C@H](NC(C)C)C(=O)C(C)C. The molecular weight excluding hydrogens is 246 g/mol. The highest BCUT2D eigenvalue weighted by molar-refractivity contribution is 5.85. The third kappa shape index (κ3) is 10.0. The molecule has 5 heteroatoms. The molecule has 5 nitrogen and oxygen atoms in total. The molecule has 0 rings (SSSR count). The summed E-state index contributed by atoms with van der Waals surface area (Å²) in [5.41, 5.74) is 0. The van der Waals surface area contributed by atoms with Gasteiger partial charge in [0.25, 0.3) is 0 Å². The molecule has 0 heterocycles. The summed E-state index contributed by atoms with van der Waals surface area (Å²) in [4.78, 5) is 12.0. The monoisotopic (exact) mass is 275 g/mol. The summed E-state index contributed by atoms with van der Waals surface area (Å²) in [6.45, 7) is 10.4. The van der Waals surface area contributed by atoms with Gasteiger partial charge in [0.2, 0.25) is 0 Å². The first kappa shape index (κ1) is 18.5. The van der Waals surface area contributed by atoms with Crippen molar-refractivity contribution in [1.82, 2.24) is 5.32 Å². The van der Waals surface area contributed by atoms with Crippen LogP contribution in [0.3, 0.4) is 0 Å². The Morgan fingerprint density at radius 3 is 2.11 bits per heavy atom. The van der Waals surface area contributed by atoms with Gasteiger partial charge in [-0.2, -0.15) is 0 Å². The molecule has 0 aromatic rings. The van der Waals surface area contributed by atoms with E-state index in [4.69, 9.17) is 14.2 Å². The van der Waals surface area contributed by atoms with Crippen LogP contribution in [0, 0.1) is 5.92 Å². The number of hydrogen-bond donors (Lipinski definition) is 1. The molecule has 0 spiro atoms. The van der Waals surface area contributed by atoms with E-state index in [9.17, 15) is 4.79 Å². The second-order valence-corrected chi connectivity index (χ2v) is 5.11. The summed E-state index contributed by atoms with van der Waals surface area (Å²) in [5.74, 6) is 0.201. The zero-order chi connectivity index (χ0) is 14.7. The van der Waals surface area contributed by atoms with E-state index >= 15 is 0 Å². The van der Waals surface area contributed by atoms with E-state index in [1.807, 2.05) is 27.7 Å². The normalized spacial score (nSPS) is 13.2. The molecule has 0 fully saturated rings. The number of ketones is 1. The van der Waals surface area contributed by atoms with Gasteiger partial charge in [-0.3, -0.25) is 4.79 Å². The highest BCUT2D eigenvalue weighted by Gasteiger charge is 2.21. The van der Waals surface area contributed by atoms with Gasteiger partial charge in [0.1, 0.15) is 0 Å². The van der Waals surface area contributed by atoms with Gasteiger partial charge in [-0.05, 0) is 0 Å². The Morgan fingerprint density at radius 2 is 1.58 bits per heavy atom. The first-order valence-electron chi connectivity index (χ1n) is 6.93. The van der Waals surface area contributed by atoms with Crippen LogP contribution in [0.15, 0.2) is 0 Å². The fraction of sp³-hybridized carbons (Fsp3) is 0.929. The lowest BCUT2D eigenvalue weighted by atomic mass is 10.0. The number of carbonyl (C=O) groups is 1. The van der Waals surface area contributed by atoms with Crippen molar-refractivity contribution in [3.8, 4) is 0 Å². The van der Waals surface area contributed by atoms with Crippen molar-refractivity contribution in [3.05, 3.63) is 0 Å². The first-order valence-corrected chi connectivity index (χ1v) is 6.93. The summed E-state index contributed by atoms with van der Waals surface area (Å²) in [6, 6.07) is 0.0215. The van der Waals surface area contributed by atoms with Crippen LogP contribution in [0.1, 0.15) is 27.7 Å². The van der Waals surface area contributed by atoms with Crippen molar-refractivity contribution in [1.29, 1.82) is 0 Å². The highest BCUT2D eigenvalue weighted by Crippen LogP contribution is 2.02. The lowest BCUT2D eigenvalue weighted by molar-refractivity contribution is -0.125. The minimum absolute atomic E-state index is 0.0119. The minimum atomic E-state index is -0.237. The summed E-state index contributed by atoms with van der Waals surface area (Å²) in [5, 5.41) is 3.24. The minimum Gasteiger partial charge on any atom is -0.382 e. The smallest absolute Gasteiger partial charge is 0.154 e. The van der Waals surface area contributed by atoms with E-state index < -0.39 is 0 Å². The fourth-order valence-corrected chi connectivity index (χ4v) is 1.58. The molecule has 0 amide bonds. The third-order valence-electron chi connectivity index (χ3n) is 2.54. The van der Waals surface area contributed by atoms with E-state index in [-0.39, 0.29) is 23.8 Å². The molecule has 0 aromatic heterocycles. The van der Waals surface area contributed by atoms with Crippen molar-refractivity contribution in [2.24, 2.45) is 5.92 Å². The number of hydrogen-bond acceptors (Lipinski definition) is 5. The van der Waals surface area contributed by atoms with E-state index in [0.29, 0.717) is 33.0 Å². The Kier molecular flexibility index (Phi) is 11.1. The number of ether oxygens (including phenoxy) is 3. The average molecular weight is 275 g/mol. The molecular formula is C14H29NO4. The van der Waals surface area contributed by atoms with Crippen LogP contribution in [-0.4, -0.2) is 58.0 Å². The van der Waals surface area contributed by atoms with Gasteiger partial charge in [0.15, 0.2) is 5.78 Å². The molecule has 1 N–H and O–H groups in total. The number of rotatable bonds is 12. The van der Waals surface area contributed by atoms with Crippen molar-refractivity contribution < 1.29 is 19.0 Å². The second-order valence-electron chi connectivity index (χ2n) is 5.11. The summed E-state index contributed by atoms with van der Waals surface area (Å²) < 4.78 is 15.7. The van der Waals surface area contributed by atoms with Crippen LogP contribution in [0.5, 0.6) is 0 Å². The van der Waals surface area contributed by atoms with Crippen LogP contribution in [0.2, 0.25) is 0 Å². The predicted molar refractivity (Wildman–Crippen MR) is 75.4 cm³/mol. The Hall–Kier alpha value is -0.490. The molecule has 0 radical (unpaired) electrons. The molecule has 0 unspecified atom stereocenters. The summed E-state index contributed by atoms with van der Waals surface area (Å²) in [7, 11) is 1.64. The number of Topliss-reactive ketones (excluding diaryl/α,β-unsaturated/α-hetero) is 1.